The zero-order valence-electron chi connectivity index (χ0n) is 16.6. The van der Waals surface area contributed by atoms with Crippen molar-refractivity contribution in [2.45, 2.75) is 57.2 Å². The minimum absolute atomic E-state index is 0.183. The molecule has 29 heavy (non-hydrogen) atoms. The van der Waals surface area contributed by atoms with E-state index in [4.69, 9.17) is 9.47 Å². The first-order chi connectivity index (χ1) is 13.9. The molecular formula is C23H27BrO5. The smallest absolute Gasteiger partial charge is 0.123 e. The Morgan fingerprint density at radius 1 is 1.14 bits per heavy atom. The van der Waals surface area contributed by atoms with E-state index in [2.05, 4.69) is 34.1 Å². The fraction of sp³-hybridized carbons (Fsp3) is 0.478. The number of halogens is 1. The van der Waals surface area contributed by atoms with E-state index < -0.39 is 23.9 Å². The molecule has 1 saturated carbocycles. The monoisotopic (exact) mass is 462 g/mol. The number of aliphatic hydroxyl groups excluding tert-OH is 3. The third-order valence-electron chi connectivity index (χ3n) is 6.20. The van der Waals surface area contributed by atoms with E-state index in [1.807, 2.05) is 32.0 Å². The Bertz CT molecular complexity index is 884. The van der Waals surface area contributed by atoms with Gasteiger partial charge in [0.2, 0.25) is 0 Å². The molecule has 1 aliphatic heterocycles. The Kier molecular flexibility index (Phi) is 5.75. The van der Waals surface area contributed by atoms with Crippen LogP contribution in [0.5, 0.6) is 5.75 Å². The van der Waals surface area contributed by atoms with Gasteiger partial charge in [0.25, 0.3) is 0 Å². The molecule has 5 nitrogen and oxygen atoms in total. The van der Waals surface area contributed by atoms with Crippen LogP contribution in [0, 0.1) is 5.92 Å². The zero-order valence-corrected chi connectivity index (χ0v) is 18.2. The van der Waals surface area contributed by atoms with Gasteiger partial charge in [0.1, 0.15) is 23.6 Å². The van der Waals surface area contributed by atoms with Gasteiger partial charge in [-0.3, -0.25) is 0 Å². The van der Waals surface area contributed by atoms with Gasteiger partial charge >= 0.3 is 0 Å². The Hall–Kier alpha value is -1.44. The highest BCUT2D eigenvalue weighted by Crippen LogP contribution is 2.49. The molecule has 1 heterocycles. The second-order valence-corrected chi connectivity index (χ2v) is 8.99. The number of fused-ring (bicyclic) bond motifs is 2. The molecule has 0 aromatic heterocycles. The summed E-state index contributed by atoms with van der Waals surface area (Å²) in [5, 5.41) is 31.4. The van der Waals surface area contributed by atoms with E-state index in [0.29, 0.717) is 26.1 Å². The van der Waals surface area contributed by atoms with Crippen LogP contribution < -0.4 is 4.74 Å². The maximum absolute atomic E-state index is 10.8. The van der Waals surface area contributed by atoms with Gasteiger partial charge in [-0.15, -0.1) is 0 Å². The van der Waals surface area contributed by atoms with Gasteiger partial charge < -0.3 is 24.8 Å². The average Bonchev–Trinajstić information content (AvgIpc) is 3.05. The van der Waals surface area contributed by atoms with Gasteiger partial charge in [0, 0.05) is 4.47 Å². The second-order valence-electron chi connectivity index (χ2n) is 8.14. The largest absolute Gasteiger partial charge is 0.494 e. The van der Waals surface area contributed by atoms with Gasteiger partial charge in [-0.2, -0.15) is 0 Å². The third-order valence-corrected chi connectivity index (χ3v) is 6.94. The van der Waals surface area contributed by atoms with Gasteiger partial charge in [0.05, 0.1) is 19.3 Å². The van der Waals surface area contributed by atoms with Crippen molar-refractivity contribution in [2.24, 2.45) is 5.92 Å². The minimum Gasteiger partial charge on any atom is -0.494 e. The summed E-state index contributed by atoms with van der Waals surface area (Å²) in [5.74, 6) is 0.668. The van der Waals surface area contributed by atoms with Crippen molar-refractivity contribution in [3.63, 3.8) is 0 Å². The molecule has 0 amide bonds. The van der Waals surface area contributed by atoms with E-state index in [1.54, 1.807) is 0 Å². The van der Waals surface area contributed by atoms with E-state index in [0.717, 1.165) is 32.5 Å². The molecule has 2 aromatic carbocycles. The summed E-state index contributed by atoms with van der Waals surface area (Å²) >= 11 is 3.68. The summed E-state index contributed by atoms with van der Waals surface area (Å²) in [7, 11) is 0. The van der Waals surface area contributed by atoms with E-state index >= 15 is 0 Å². The van der Waals surface area contributed by atoms with Crippen molar-refractivity contribution >= 4 is 15.9 Å². The van der Waals surface area contributed by atoms with Crippen molar-refractivity contribution in [1.82, 2.24) is 0 Å². The fourth-order valence-corrected chi connectivity index (χ4v) is 5.15. The molecule has 0 bridgehead atoms. The van der Waals surface area contributed by atoms with Gasteiger partial charge in [-0.1, -0.05) is 41.1 Å². The molecule has 4 rings (SSSR count). The zero-order chi connectivity index (χ0) is 20.8. The van der Waals surface area contributed by atoms with Crippen molar-refractivity contribution in [2.75, 3.05) is 6.61 Å². The van der Waals surface area contributed by atoms with Crippen LogP contribution in [-0.2, 0) is 23.4 Å². The van der Waals surface area contributed by atoms with E-state index in [-0.39, 0.29) is 5.92 Å². The number of rotatable bonds is 4. The average molecular weight is 463 g/mol. The van der Waals surface area contributed by atoms with Crippen LogP contribution in [-0.4, -0.2) is 40.2 Å². The molecule has 2 aromatic rings. The summed E-state index contributed by atoms with van der Waals surface area (Å²) in [6.45, 7) is 4.86. The SMILES string of the molecule is CCOc1ccc(Cc2cc3c(cc2Br)CO[C@]32C[C@H](C)[C@@H](O)[C@H](O)[C@H]2O)cc1. The topological polar surface area (TPSA) is 79.2 Å². The second kappa shape index (κ2) is 8.00. The van der Waals surface area contributed by atoms with Crippen molar-refractivity contribution in [3.8, 4) is 5.75 Å². The molecule has 6 heteroatoms. The van der Waals surface area contributed by atoms with Gasteiger partial charge in [-0.25, -0.2) is 0 Å². The normalized spacial score (nSPS) is 31.1. The van der Waals surface area contributed by atoms with Crippen LogP contribution in [0.4, 0.5) is 0 Å². The van der Waals surface area contributed by atoms with Crippen LogP contribution in [0.25, 0.3) is 0 Å². The number of ether oxygens (including phenoxy) is 2. The molecule has 0 unspecified atom stereocenters. The lowest BCUT2D eigenvalue weighted by molar-refractivity contribution is -0.222. The first-order valence-corrected chi connectivity index (χ1v) is 10.9. The molecule has 2 aliphatic rings. The Morgan fingerprint density at radius 2 is 1.86 bits per heavy atom. The number of aliphatic hydroxyl groups is 3. The van der Waals surface area contributed by atoms with Crippen LogP contribution in [0.15, 0.2) is 40.9 Å². The molecule has 1 aliphatic carbocycles. The predicted molar refractivity (Wildman–Crippen MR) is 113 cm³/mol. The lowest BCUT2D eigenvalue weighted by atomic mass is 9.70. The van der Waals surface area contributed by atoms with Crippen LogP contribution in [0.1, 0.15) is 42.5 Å². The first kappa shape index (κ1) is 20.8. The minimum atomic E-state index is -1.23. The summed E-state index contributed by atoms with van der Waals surface area (Å²) < 4.78 is 12.6. The van der Waals surface area contributed by atoms with Crippen molar-refractivity contribution < 1.29 is 24.8 Å². The Labute approximate surface area is 179 Å². The maximum Gasteiger partial charge on any atom is 0.123 e. The predicted octanol–water partition coefficient (Wildman–Crippen LogP) is 3.29. The molecule has 1 spiro atoms. The summed E-state index contributed by atoms with van der Waals surface area (Å²) in [5.41, 5.74) is 3.16. The van der Waals surface area contributed by atoms with Gasteiger partial charge in [-0.05, 0) is 66.1 Å². The molecule has 0 saturated heterocycles. The maximum atomic E-state index is 10.8. The highest BCUT2D eigenvalue weighted by Gasteiger charge is 2.55. The Balaban J connectivity index is 1.67. The number of hydrogen-bond acceptors (Lipinski definition) is 5. The highest BCUT2D eigenvalue weighted by molar-refractivity contribution is 9.10. The van der Waals surface area contributed by atoms with Gasteiger partial charge in [0.15, 0.2) is 0 Å². The first-order valence-electron chi connectivity index (χ1n) is 10.1. The standard InChI is InChI=1S/C23H27BrO5/c1-3-28-17-6-4-14(5-7-17)8-15-9-18-16(10-19(15)24)12-29-23(18)11-13(2)20(25)21(26)22(23)27/h4-7,9-10,13,20-22,25-27H,3,8,11-12H2,1-2H3/t13-,20+,21-,22+,23+/m0/s1. The van der Waals surface area contributed by atoms with Crippen molar-refractivity contribution in [3.05, 3.63) is 63.1 Å². The quantitative estimate of drug-likeness (QED) is 0.649. The van der Waals surface area contributed by atoms with Crippen LogP contribution >= 0.6 is 15.9 Å². The molecular weight excluding hydrogens is 436 g/mol. The summed E-state index contributed by atoms with van der Waals surface area (Å²) in [6, 6.07) is 12.2. The fourth-order valence-electron chi connectivity index (χ4n) is 4.62. The summed E-state index contributed by atoms with van der Waals surface area (Å²) in [6.07, 6.45) is -2.18. The molecule has 3 N–H and O–H groups in total. The van der Waals surface area contributed by atoms with Crippen LogP contribution in [0.3, 0.4) is 0 Å². The summed E-state index contributed by atoms with van der Waals surface area (Å²) in [4.78, 5) is 0. The van der Waals surface area contributed by atoms with Crippen LogP contribution in [0.2, 0.25) is 0 Å². The highest BCUT2D eigenvalue weighted by atomic mass is 79.9. The Morgan fingerprint density at radius 3 is 2.55 bits per heavy atom. The van der Waals surface area contributed by atoms with E-state index in [1.165, 1.54) is 0 Å². The molecule has 5 atom stereocenters. The lowest BCUT2D eigenvalue weighted by Gasteiger charge is -2.46. The molecule has 0 radical (unpaired) electrons. The molecule has 1 fully saturated rings. The van der Waals surface area contributed by atoms with E-state index in [9.17, 15) is 15.3 Å². The third kappa shape index (κ3) is 3.62. The van der Waals surface area contributed by atoms with Crippen molar-refractivity contribution in [1.29, 1.82) is 0 Å². The lowest BCUT2D eigenvalue weighted by Crippen LogP contribution is -2.58. The molecule has 156 valence electrons. The number of hydrogen-bond donors (Lipinski definition) is 3. The number of benzene rings is 2.